The van der Waals surface area contributed by atoms with Crippen LogP contribution in [-0.2, 0) is 31.5 Å². The Kier molecular flexibility index (Phi) is 87.4. The van der Waals surface area contributed by atoms with Gasteiger partial charge in [0.05, 0.1) is 5.55 Å². The molecule has 0 aliphatic carbocycles. The summed E-state index contributed by atoms with van der Waals surface area (Å²) in [6, 6.07) is 0. The van der Waals surface area contributed by atoms with Crippen LogP contribution in [0, 0.1) is 0 Å². The summed E-state index contributed by atoms with van der Waals surface area (Å²) in [7, 11) is 0. The number of carbonyl (C=O) groups excluding carboxylic acids is 3. The van der Waals surface area contributed by atoms with Crippen LogP contribution in [0.2, 0.25) is 0 Å². The molecule has 1 aliphatic rings. The van der Waals surface area contributed by atoms with E-state index in [4.69, 9.17) is 14.4 Å². The average Bonchev–Trinajstić information content (AvgIpc) is 2.71. The third kappa shape index (κ3) is 33.7. The second-order valence-electron chi connectivity index (χ2n) is 0.882. The van der Waals surface area contributed by atoms with Crippen molar-refractivity contribution in [2.45, 2.75) is 0 Å². The molecule has 0 unspecified atom stereocenters. The molecular weight excluding hydrogens is 221 g/mol. The number of thioether (sulfide) groups is 1. The molecule has 0 fully saturated rings. The van der Waals surface area contributed by atoms with Gasteiger partial charge in [-0.15, -0.1) is 11.8 Å². The smallest absolute Gasteiger partial charge is 0.545 e. The Balaban J connectivity index is -0.0000000406. The summed E-state index contributed by atoms with van der Waals surface area (Å²) >= 11 is 1.78. The molecule has 0 spiro atoms. The zero-order valence-electron chi connectivity index (χ0n) is 6.18. The summed E-state index contributed by atoms with van der Waals surface area (Å²) < 4.78 is 0. The van der Waals surface area contributed by atoms with Gasteiger partial charge < -0.3 is 14.4 Å². The van der Waals surface area contributed by atoms with Gasteiger partial charge in [0, 0.05) is 12.3 Å². The van der Waals surface area contributed by atoms with Crippen LogP contribution >= 0.6 is 11.8 Å². The molecule has 0 saturated carbocycles. The number of hydrogen-bond acceptors (Lipinski definition) is 5. The fourth-order valence-corrected chi connectivity index (χ4v) is 0.791. The van der Waals surface area contributed by atoms with Crippen LogP contribution in [0.15, 0.2) is 4.99 Å². The van der Waals surface area contributed by atoms with Gasteiger partial charge in [0.1, 0.15) is 0 Å². The van der Waals surface area contributed by atoms with Crippen LogP contribution in [0.3, 0.4) is 0 Å². The maximum absolute atomic E-state index is 7.75. The summed E-state index contributed by atoms with van der Waals surface area (Å²) in [5.41, 5.74) is 1.90. The molecule has 0 amide bonds. The van der Waals surface area contributed by atoms with Crippen LogP contribution in [0.5, 0.6) is 0 Å². The van der Waals surface area contributed by atoms with Gasteiger partial charge in [-0.05, 0) is 0 Å². The molecule has 0 aromatic rings. The summed E-state index contributed by atoms with van der Waals surface area (Å²) in [5.74, 6) is 1.19. The van der Waals surface area contributed by atoms with Gasteiger partial charge in [-0.2, -0.15) is 0 Å². The van der Waals surface area contributed by atoms with Crippen molar-refractivity contribution in [3.8, 4) is 0 Å². The van der Waals surface area contributed by atoms with Crippen LogP contribution in [-0.4, -0.2) is 38.2 Å². The summed E-state index contributed by atoms with van der Waals surface area (Å²) in [6.45, 7) is 10.8. The first-order valence-corrected chi connectivity index (χ1v) is 3.35. The maximum atomic E-state index is 7.75. The summed E-state index contributed by atoms with van der Waals surface area (Å²) in [6.07, 6.45) is 0. The number of rotatable bonds is 0. The third-order valence-corrected chi connectivity index (χ3v) is 1.20. The topological polar surface area (TPSA) is 63.6 Å². The van der Waals surface area contributed by atoms with Crippen molar-refractivity contribution < 1.29 is 31.5 Å². The molecule has 0 N–H and O–H groups in total. The van der Waals surface area contributed by atoms with E-state index in [1.54, 1.807) is 11.8 Å². The molecule has 6 heteroatoms. The van der Waals surface area contributed by atoms with E-state index in [1.165, 1.54) is 5.75 Å². The van der Waals surface area contributed by atoms with E-state index in [9.17, 15) is 0 Å². The zero-order chi connectivity index (χ0) is 9.54. The SMILES string of the molecule is C1=NCCS1.[CH-]=O.[CH-]=O.[CH-]=O.[Mn+3]. The predicted molar refractivity (Wildman–Crippen MR) is 46.1 cm³/mol. The minimum Gasteiger partial charge on any atom is -0.545 e. The first kappa shape index (κ1) is 22.6. The third-order valence-electron chi connectivity index (χ3n) is 0.487. The molecular formula is C6H8MnNO3S. The minimum absolute atomic E-state index is 0. The fourth-order valence-electron chi connectivity index (χ4n) is 0.264. The standard InChI is InChI=1S/C3H5NS.3CHO.Mn/c1-2-5-3-4-1;3*1-2;/h3H,1-2H2;3*1H;/q;3*-1;+3. The molecule has 1 heterocycles. The van der Waals surface area contributed by atoms with Gasteiger partial charge in [0.15, 0.2) is 0 Å². The summed E-state index contributed by atoms with van der Waals surface area (Å²) in [4.78, 5) is 27.2. The number of nitrogens with zero attached hydrogens (tertiary/aromatic N) is 1. The van der Waals surface area contributed by atoms with Crippen molar-refractivity contribution in [1.82, 2.24) is 0 Å². The number of aliphatic imine (C=N–C) groups is 1. The molecule has 0 saturated heterocycles. The van der Waals surface area contributed by atoms with Gasteiger partial charge in [0.25, 0.3) is 0 Å². The Morgan fingerprint density at radius 3 is 1.58 bits per heavy atom. The fraction of sp³-hybridized carbons (Fsp3) is 0.333. The minimum atomic E-state index is 0. The Labute approximate surface area is 86.7 Å². The maximum Gasteiger partial charge on any atom is 3.00 e. The number of hydrogen-bond donors (Lipinski definition) is 0. The Morgan fingerprint density at radius 2 is 1.50 bits per heavy atom. The van der Waals surface area contributed by atoms with E-state index >= 15 is 0 Å². The first-order valence-electron chi connectivity index (χ1n) is 2.31. The van der Waals surface area contributed by atoms with Crippen molar-refractivity contribution in [2.75, 3.05) is 12.3 Å². The van der Waals surface area contributed by atoms with E-state index in [0.717, 1.165) is 6.54 Å². The molecule has 1 aliphatic heterocycles. The predicted octanol–water partition coefficient (Wildman–Crippen LogP) is -0.0633. The van der Waals surface area contributed by atoms with Crippen LogP contribution in [0.1, 0.15) is 0 Å². The quantitative estimate of drug-likeness (QED) is 0.331. The second kappa shape index (κ2) is 46.5. The Bertz CT molecular complexity index is 84.1. The van der Waals surface area contributed by atoms with Gasteiger partial charge in [-0.1, -0.05) is 0 Å². The molecule has 68 valence electrons. The van der Waals surface area contributed by atoms with Crippen molar-refractivity contribution in [3.63, 3.8) is 0 Å². The van der Waals surface area contributed by atoms with Crippen LogP contribution in [0.25, 0.3) is 0 Å². The zero-order valence-corrected chi connectivity index (χ0v) is 8.18. The van der Waals surface area contributed by atoms with Crippen molar-refractivity contribution in [2.24, 2.45) is 4.99 Å². The summed E-state index contributed by atoms with van der Waals surface area (Å²) in [5, 5.41) is 0. The van der Waals surface area contributed by atoms with E-state index in [0.29, 0.717) is 0 Å². The molecule has 4 nitrogen and oxygen atoms in total. The molecule has 0 radical (unpaired) electrons. The van der Waals surface area contributed by atoms with Crippen molar-refractivity contribution in [3.05, 3.63) is 0 Å². The molecule has 1 rings (SSSR count). The monoisotopic (exact) mass is 229 g/mol. The van der Waals surface area contributed by atoms with Gasteiger partial charge in [-0.25, -0.2) is 0 Å². The first-order chi connectivity index (χ1) is 5.50. The van der Waals surface area contributed by atoms with Crippen molar-refractivity contribution in [1.29, 1.82) is 0 Å². The van der Waals surface area contributed by atoms with E-state index < -0.39 is 0 Å². The van der Waals surface area contributed by atoms with Gasteiger partial charge in [-0.3, -0.25) is 25.4 Å². The molecule has 0 aromatic heterocycles. The molecule has 0 atom stereocenters. The molecule has 12 heavy (non-hydrogen) atoms. The van der Waals surface area contributed by atoms with E-state index in [2.05, 4.69) is 25.4 Å². The average molecular weight is 229 g/mol. The second-order valence-corrected chi connectivity index (χ2v) is 1.83. The molecule has 0 bridgehead atoms. The van der Waals surface area contributed by atoms with Gasteiger partial charge >= 0.3 is 17.1 Å². The van der Waals surface area contributed by atoms with Gasteiger partial charge in [0.2, 0.25) is 0 Å². The van der Waals surface area contributed by atoms with Crippen molar-refractivity contribution >= 4 is 37.7 Å². The van der Waals surface area contributed by atoms with E-state index in [-0.39, 0.29) is 17.1 Å². The Hall–Kier alpha value is -0.451. The van der Waals surface area contributed by atoms with Crippen LogP contribution in [0.4, 0.5) is 0 Å². The normalized spacial score (nSPS) is 9.67. The Morgan fingerprint density at radius 1 is 1.08 bits per heavy atom. The largest absolute Gasteiger partial charge is 3.00 e. The van der Waals surface area contributed by atoms with E-state index in [1.807, 2.05) is 5.55 Å². The van der Waals surface area contributed by atoms with Crippen LogP contribution < -0.4 is 0 Å². The molecule has 0 aromatic carbocycles.